The summed E-state index contributed by atoms with van der Waals surface area (Å²) in [6, 6.07) is 11.0. The van der Waals surface area contributed by atoms with Gasteiger partial charge in [-0.2, -0.15) is 0 Å². The SMILES string of the molecule is CCOc1c(I)cc(C[C@H]2SC(=O)N(Cc3ccc(Cl)cc3)C2=O)cc1OC. The van der Waals surface area contributed by atoms with E-state index < -0.39 is 5.25 Å². The van der Waals surface area contributed by atoms with Crippen LogP contribution in [0.4, 0.5) is 4.79 Å². The van der Waals surface area contributed by atoms with Crippen LogP contribution in [0.5, 0.6) is 11.5 Å². The van der Waals surface area contributed by atoms with Gasteiger partial charge in [-0.05, 0) is 71.3 Å². The molecule has 0 unspecified atom stereocenters. The molecule has 0 N–H and O–H groups in total. The van der Waals surface area contributed by atoms with Crippen molar-refractivity contribution in [1.29, 1.82) is 0 Å². The summed E-state index contributed by atoms with van der Waals surface area (Å²) < 4.78 is 12.0. The summed E-state index contributed by atoms with van der Waals surface area (Å²) in [6.45, 7) is 2.71. The fourth-order valence-electron chi connectivity index (χ4n) is 2.93. The summed E-state index contributed by atoms with van der Waals surface area (Å²) in [7, 11) is 1.59. The highest BCUT2D eigenvalue weighted by molar-refractivity contribution is 14.1. The number of hydrogen-bond donors (Lipinski definition) is 0. The van der Waals surface area contributed by atoms with Crippen molar-refractivity contribution >= 4 is 57.1 Å². The molecule has 1 fully saturated rings. The highest BCUT2D eigenvalue weighted by Crippen LogP contribution is 2.36. The van der Waals surface area contributed by atoms with Crippen molar-refractivity contribution in [3.8, 4) is 11.5 Å². The number of ether oxygens (including phenoxy) is 2. The Morgan fingerprint density at radius 2 is 1.89 bits per heavy atom. The van der Waals surface area contributed by atoms with E-state index in [1.54, 1.807) is 19.2 Å². The van der Waals surface area contributed by atoms with E-state index in [2.05, 4.69) is 22.6 Å². The molecule has 5 nitrogen and oxygen atoms in total. The molecule has 2 aromatic rings. The number of rotatable bonds is 7. The van der Waals surface area contributed by atoms with Gasteiger partial charge < -0.3 is 9.47 Å². The van der Waals surface area contributed by atoms with Crippen molar-refractivity contribution in [2.45, 2.75) is 25.1 Å². The molecule has 1 atom stereocenters. The second-order valence-electron chi connectivity index (χ2n) is 6.17. The average Bonchev–Trinajstić information content (AvgIpc) is 2.92. The number of carbonyl (C=O) groups excluding carboxylic acids is 2. The first-order valence-corrected chi connectivity index (χ1v) is 11.0. The topological polar surface area (TPSA) is 55.8 Å². The Balaban J connectivity index is 1.75. The van der Waals surface area contributed by atoms with Crippen molar-refractivity contribution in [3.05, 3.63) is 56.1 Å². The maximum Gasteiger partial charge on any atom is 0.289 e. The van der Waals surface area contributed by atoms with Gasteiger partial charge in [0.25, 0.3) is 5.24 Å². The molecule has 0 aliphatic carbocycles. The van der Waals surface area contributed by atoms with Crippen LogP contribution >= 0.6 is 46.0 Å². The van der Waals surface area contributed by atoms with E-state index in [1.807, 2.05) is 31.2 Å². The van der Waals surface area contributed by atoms with Gasteiger partial charge in [-0.15, -0.1) is 0 Å². The van der Waals surface area contributed by atoms with Gasteiger partial charge in [0.05, 0.1) is 29.1 Å². The van der Waals surface area contributed by atoms with Gasteiger partial charge in [0.1, 0.15) is 0 Å². The molecule has 0 spiro atoms. The molecule has 0 saturated carbocycles. The van der Waals surface area contributed by atoms with Gasteiger partial charge in [-0.25, -0.2) is 0 Å². The molecular formula is C20H19ClINO4S. The summed E-state index contributed by atoms with van der Waals surface area (Å²) >= 11 is 9.16. The quantitative estimate of drug-likeness (QED) is 0.462. The maximum absolute atomic E-state index is 12.8. The molecule has 0 radical (unpaired) electrons. The Labute approximate surface area is 186 Å². The minimum Gasteiger partial charge on any atom is -0.493 e. The zero-order valence-electron chi connectivity index (χ0n) is 15.4. The van der Waals surface area contributed by atoms with E-state index in [4.69, 9.17) is 21.1 Å². The fourth-order valence-corrected chi connectivity index (χ4v) is 4.91. The standard InChI is InChI=1S/C20H19ClINO4S/c1-3-27-18-15(22)8-13(9-16(18)26-2)10-17-19(24)23(20(25)28-17)11-12-4-6-14(21)7-5-12/h4-9,17H,3,10-11H2,1-2H3/t17-/m1/s1. The van der Waals surface area contributed by atoms with Crippen LogP contribution in [0.15, 0.2) is 36.4 Å². The molecule has 0 bridgehead atoms. The van der Waals surface area contributed by atoms with Crippen molar-refractivity contribution in [2.24, 2.45) is 0 Å². The van der Waals surface area contributed by atoms with Gasteiger partial charge in [0, 0.05) is 5.02 Å². The summed E-state index contributed by atoms with van der Waals surface area (Å²) in [5, 5.41) is -0.0510. The van der Waals surface area contributed by atoms with Crippen LogP contribution < -0.4 is 9.47 Å². The predicted octanol–water partition coefficient (Wildman–Crippen LogP) is 5.16. The van der Waals surface area contributed by atoms with E-state index in [0.29, 0.717) is 29.5 Å². The summed E-state index contributed by atoms with van der Waals surface area (Å²) in [5.74, 6) is 1.15. The van der Waals surface area contributed by atoms with Crippen molar-refractivity contribution < 1.29 is 19.1 Å². The van der Waals surface area contributed by atoms with E-state index in [9.17, 15) is 9.59 Å². The minimum absolute atomic E-state index is 0.173. The lowest BCUT2D eigenvalue weighted by Gasteiger charge is -2.16. The molecule has 1 aliphatic heterocycles. The first kappa shape index (κ1) is 21.3. The molecule has 3 rings (SSSR count). The van der Waals surface area contributed by atoms with Crippen LogP contribution in [0.1, 0.15) is 18.1 Å². The zero-order chi connectivity index (χ0) is 20.3. The monoisotopic (exact) mass is 531 g/mol. The molecule has 1 aliphatic rings. The second kappa shape index (κ2) is 9.37. The van der Waals surface area contributed by atoms with E-state index >= 15 is 0 Å². The third-order valence-corrected chi connectivity index (χ3v) is 6.39. The lowest BCUT2D eigenvalue weighted by molar-refractivity contribution is -0.127. The van der Waals surface area contributed by atoms with Gasteiger partial charge in [-0.3, -0.25) is 14.5 Å². The number of hydrogen-bond acceptors (Lipinski definition) is 5. The first-order valence-electron chi connectivity index (χ1n) is 8.68. The highest BCUT2D eigenvalue weighted by Gasteiger charge is 2.39. The number of thioether (sulfide) groups is 1. The number of amides is 2. The summed E-state index contributed by atoms with van der Waals surface area (Å²) in [4.78, 5) is 26.5. The largest absolute Gasteiger partial charge is 0.493 e. The van der Waals surface area contributed by atoms with E-state index in [0.717, 1.165) is 26.5 Å². The summed E-state index contributed by atoms with van der Waals surface area (Å²) in [6.07, 6.45) is 0.450. The number of carbonyl (C=O) groups is 2. The molecule has 28 heavy (non-hydrogen) atoms. The molecule has 148 valence electrons. The number of halogens is 2. The molecule has 8 heteroatoms. The number of methoxy groups -OCH3 is 1. The molecule has 1 heterocycles. The Morgan fingerprint density at radius 3 is 2.54 bits per heavy atom. The third kappa shape index (κ3) is 4.75. The lowest BCUT2D eigenvalue weighted by Crippen LogP contribution is -2.31. The Hall–Kier alpha value is -1.45. The fraction of sp³-hybridized carbons (Fsp3) is 0.300. The van der Waals surface area contributed by atoms with Crippen LogP contribution in [0, 0.1) is 3.57 Å². The summed E-state index contributed by atoms with van der Waals surface area (Å²) in [5.41, 5.74) is 1.79. The number of benzene rings is 2. The minimum atomic E-state index is -0.446. The molecule has 2 amide bonds. The zero-order valence-corrected chi connectivity index (χ0v) is 19.1. The Kier molecular flexibility index (Phi) is 7.11. The molecule has 2 aromatic carbocycles. The number of nitrogens with zero attached hydrogens (tertiary/aromatic N) is 1. The predicted molar refractivity (Wildman–Crippen MR) is 119 cm³/mol. The van der Waals surface area contributed by atoms with Gasteiger partial charge >= 0.3 is 0 Å². The van der Waals surface area contributed by atoms with Crippen molar-refractivity contribution in [1.82, 2.24) is 4.90 Å². The molecule has 1 saturated heterocycles. The molecule has 0 aromatic heterocycles. The van der Waals surface area contributed by atoms with E-state index in [1.165, 1.54) is 4.90 Å². The second-order valence-corrected chi connectivity index (χ2v) is 8.92. The highest BCUT2D eigenvalue weighted by atomic mass is 127. The smallest absolute Gasteiger partial charge is 0.289 e. The maximum atomic E-state index is 12.8. The van der Waals surface area contributed by atoms with Crippen LogP contribution in [-0.2, 0) is 17.8 Å². The van der Waals surface area contributed by atoms with Crippen LogP contribution in [-0.4, -0.2) is 35.0 Å². The first-order chi connectivity index (χ1) is 13.4. The van der Waals surface area contributed by atoms with Crippen molar-refractivity contribution in [2.75, 3.05) is 13.7 Å². The van der Waals surface area contributed by atoms with Crippen LogP contribution in [0.3, 0.4) is 0 Å². The van der Waals surface area contributed by atoms with Gasteiger partial charge in [-0.1, -0.05) is 35.5 Å². The van der Waals surface area contributed by atoms with Gasteiger partial charge in [0.2, 0.25) is 5.91 Å². The average molecular weight is 532 g/mol. The van der Waals surface area contributed by atoms with E-state index in [-0.39, 0.29) is 17.7 Å². The van der Waals surface area contributed by atoms with Crippen LogP contribution in [0.25, 0.3) is 0 Å². The normalized spacial score (nSPS) is 16.6. The Bertz CT molecular complexity index is 891. The van der Waals surface area contributed by atoms with Crippen LogP contribution in [0.2, 0.25) is 5.02 Å². The molecular weight excluding hydrogens is 513 g/mol. The third-order valence-electron chi connectivity index (χ3n) is 4.26. The Morgan fingerprint density at radius 1 is 1.18 bits per heavy atom. The van der Waals surface area contributed by atoms with Crippen molar-refractivity contribution in [3.63, 3.8) is 0 Å². The van der Waals surface area contributed by atoms with Gasteiger partial charge in [0.15, 0.2) is 11.5 Å². The lowest BCUT2D eigenvalue weighted by atomic mass is 10.1. The number of imide groups is 1.